The van der Waals surface area contributed by atoms with E-state index in [1.165, 1.54) is 18.4 Å². The van der Waals surface area contributed by atoms with E-state index in [2.05, 4.69) is 57.4 Å². The Morgan fingerprint density at radius 3 is 2.30 bits per heavy atom. The minimum atomic E-state index is -0.0131. The summed E-state index contributed by atoms with van der Waals surface area (Å²) in [5, 5.41) is 3.66. The fourth-order valence-corrected chi connectivity index (χ4v) is 4.90. The zero-order valence-corrected chi connectivity index (χ0v) is 18.6. The second-order valence-electron chi connectivity index (χ2n) is 9.29. The zero-order valence-electron chi connectivity index (χ0n) is 18.6. The molecule has 2 aliphatic heterocycles. The molecule has 1 unspecified atom stereocenters. The monoisotopic (exact) mass is 411 g/mol. The van der Waals surface area contributed by atoms with Crippen molar-refractivity contribution in [1.29, 1.82) is 0 Å². The fourth-order valence-electron chi connectivity index (χ4n) is 4.90. The molecule has 1 amide bonds. The lowest BCUT2D eigenvalue weighted by Crippen LogP contribution is -2.57. The number of aliphatic imine (C=N–C) groups is 1. The number of nitrogens with one attached hydrogen (secondary N) is 1. The lowest BCUT2D eigenvalue weighted by molar-refractivity contribution is -0.135. The van der Waals surface area contributed by atoms with Gasteiger partial charge in [0.25, 0.3) is 0 Å². The van der Waals surface area contributed by atoms with Crippen LogP contribution in [0.5, 0.6) is 0 Å². The molecule has 1 N–H and O–H groups in total. The molecule has 2 saturated heterocycles. The van der Waals surface area contributed by atoms with Crippen LogP contribution in [0.15, 0.2) is 35.3 Å². The van der Waals surface area contributed by atoms with Crippen LogP contribution in [0.3, 0.4) is 0 Å². The Morgan fingerprint density at radius 2 is 1.70 bits per heavy atom. The summed E-state index contributed by atoms with van der Waals surface area (Å²) in [5.74, 6) is 1.31. The van der Waals surface area contributed by atoms with Gasteiger partial charge in [0, 0.05) is 52.9 Å². The van der Waals surface area contributed by atoms with Gasteiger partial charge in [0.15, 0.2) is 5.96 Å². The summed E-state index contributed by atoms with van der Waals surface area (Å²) in [6.45, 7) is 8.59. The Bertz CT molecular complexity index is 731. The minimum absolute atomic E-state index is 0.0131. The predicted octanol–water partition coefficient (Wildman–Crippen LogP) is 2.21. The predicted molar refractivity (Wildman–Crippen MR) is 122 cm³/mol. The number of hydrogen-bond donors (Lipinski definition) is 1. The van der Waals surface area contributed by atoms with Crippen LogP contribution in [0.2, 0.25) is 0 Å². The molecule has 0 radical (unpaired) electrons. The van der Waals surface area contributed by atoms with E-state index in [9.17, 15) is 4.79 Å². The third kappa shape index (κ3) is 4.97. The van der Waals surface area contributed by atoms with Gasteiger partial charge in [-0.25, -0.2) is 0 Å². The van der Waals surface area contributed by atoms with Crippen molar-refractivity contribution in [1.82, 2.24) is 20.0 Å². The molecule has 164 valence electrons. The fraction of sp³-hybridized carbons (Fsp3) is 0.667. The number of carbonyl (C=O) groups excluding carboxylic acids is 1. The maximum absolute atomic E-state index is 12.7. The summed E-state index contributed by atoms with van der Waals surface area (Å²) in [5.41, 5.74) is 1.81. The molecule has 1 aromatic rings. The van der Waals surface area contributed by atoms with Crippen LogP contribution in [0.1, 0.15) is 38.2 Å². The van der Waals surface area contributed by atoms with Crippen LogP contribution >= 0.6 is 0 Å². The highest BCUT2D eigenvalue weighted by Gasteiger charge is 2.42. The molecule has 3 fully saturated rings. The first-order valence-corrected chi connectivity index (χ1v) is 11.6. The van der Waals surface area contributed by atoms with Crippen LogP contribution < -0.4 is 5.32 Å². The lowest BCUT2D eigenvalue weighted by Gasteiger charge is -2.39. The molecule has 0 aromatic heterocycles. The maximum Gasteiger partial charge on any atom is 0.239 e. The number of guanidine groups is 1. The Hall–Kier alpha value is -2.08. The van der Waals surface area contributed by atoms with Crippen LogP contribution in [0.4, 0.5) is 0 Å². The summed E-state index contributed by atoms with van der Waals surface area (Å²) in [4.78, 5) is 24.0. The number of hydrogen-bond acceptors (Lipinski definition) is 3. The van der Waals surface area contributed by atoms with Crippen molar-refractivity contribution in [3.8, 4) is 0 Å². The topological polar surface area (TPSA) is 51.2 Å². The Kier molecular flexibility index (Phi) is 6.61. The highest BCUT2D eigenvalue weighted by molar-refractivity contribution is 5.82. The van der Waals surface area contributed by atoms with Crippen LogP contribution in [0, 0.1) is 5.41 Å². The van der Waals surface area contributed by atoms with Crippen molar-refractivity contribution < 1.29 is 4.79 Å². The number of piperazine rings is 1. The normalized spacial score (nSPS) is 22.8. The van der Waals surface area contributed by atoms with Gasteiger partial charge in [0.2, 0.25) is 5.91 Å². The van der Waals surface area contributed by atoms with Gasteiger partial charge in [-0.05, 0) is 50.0 Å². The molecule has 1 atom stereocenters. The molecule has 1 aromatic carbocycles. The molecule has 1 aliphatic carbocycles. The smallest absolute Gasteiger partial charge is 0.239 e. The maximum atomic E-state index is 12.7. The summed E-state index contributed by atoms with van der Waals surface area (Å²) in [6, 6.07) is 10.8. The van der Waals surface area contributed by atoms with Crippen LogP contribution in [-0.4, -0.2) is 85.5 Å². The highest BCUT2D eigenvalue weighted by atomic mass is 16.2. The van der Waals surface area contributed by atoms with Gasteiger partial charge in [-0.3, -0.25) is 14.7 Å². The summed E-state index contributed by atoms with van der Waals surface area (Å²) < 4.78 is 0. The van der Waals surface area contributed by atoms with Crippen molar-refractivity contribution in [2.45, 2.75) is 45.1 Å². The molecule has 1 saturated carbocycles. The minimum Gasteiger partial charge on any atom is -0.356 e. The largest absolute Gasteiger partial charge is 0.356 e. The number of nitrogens with zero attached hydrogens (tertiary/aromatic N) is 4. The van der Waals surface area contributed by atoms with E-state index in [1.807, 2.05) is 11.9 Å². The lowest BCUT2D eigenvalue weighted by atomic mass is 9.96. The Labute approximate surface area is 181 Å². The number of carbonyl (C=O) groups is 1. The second kappa shape index (κ2) is 9.38. The summed E-state index contributed by atoms with van der Waals surface area (Å²) in [6.07, 6.45) is 6.02. The van der Waals surface area contributed by atoms with E-state index in [4.69, 9.17) is 0 Å². The number of amides is 1. The molecule has 4 rings (SSSR count). The average Bonchev–Trinajstić information content (AvgIpc) is 3.32. The molecule has 3 aliphatic rings. The van der Waals surface area contributed by atoms with Gasteiger partial charge in [-0.15, -0.1) is 0 Å². The molecule has 0 bridgehead atoms. The molecular formula is C24H37N5O. The molecule has 30 heavy (non-hydrogen) atoms. The molecule has 6 nitrogen and oxygen atoms in total. The van der Waals surface area contributed by atoms with Gasteiger partial charge in [-0.2, -0.15) is 0 Å². The third-order valence-electron chi connectivity index (χ3n) is 7.15. The Balaban J connectivity index is 1.25. The Morgan fingerprint density at radius 1 is 1.03 bits per heavy atom. The van der Waals surface area contributed by atoms with Crippen molar-refractivity contribution in [2.75, 3.05) is 52.9 Å². The third-order valence-corrected chi connectivity index (χ3v) is 7.15. The van der Waals surface area contributed by atoms with Crippen molar-refractivity contribution in [3.63, 3.8) is 0 Å². The van der Waals surface area contributed by atoms with E-state index in [0.717, 1.165) is 71.0 Å². The average molecular weight is 412 g/mol. The van der Waals surface area contributed by atoms with Gasteiger partial charge < -0.3 is 15.1 Å². The second-order valence-corrected chi connectivity index (χ2v) is 9.29. The molecular weight excluding hydrogens is 374 g/mol. The summed E-state index contributed by atoms with van der Waals surface area (Å²) >= 11 is 0. The molecule has 2 heterocycles. The van der Waals surface area contributed by atoms with Gasteiger partial charge in [-0.1, -0.05) is 30.3 Å². The van der Waals surface area contributed by atoms with E-state index in [0.29, 0.717) is 11.3 Å². The molecule has 0 spiro atoms. The van der Waals surface area contributed by atoms with E-state index in [1.54, 1.807) is 0 Å². The van der Waals surface area contributed by atoms with Crippen molar-refractivity contribution >= 4 is 11.9 Å². The zero-order chi connectivity index (χ0) is 21.0. The van der Waals surface area contributed by atoms with E-state index in [-0.39, 0.29) is 6.04 Å². The number of benzene rings is 1. The standard InChI is InChI=1S/C24H37N5O/c1-20(22(30)28-12-6-7-13-28)27-14-16-29(17-15-27)23(25-2)26-19-24(10-11-24)18-21-8-4-3-5-9-21/h3-5,8-9,20H,6-7,10-19H2,1-2H3,(H,25,26). The SMILES string of the molecule is CN=C(NCC1(Cc2ccccc2)CC1)N1CCN(C(C)C(=O)N2CCCC2)CC1. The van der Waals surface area contributed by atoms with Crippen molar-refractivity contribution in [3.05, 3.63) is 35.9 Å². The number of likely N-dealkylation sites (tertiary alicyclic amines) is 1. The van der Waals surface area contributed by atoms with Gasteiger partial charge in [0.05, 0.1) is 6.04 Å². The van der Waals surface area contributed by atoms with Crippen LogP contribution in [-0.2, 0) is 11.2 Å². The van der Waals surface area contributed by atoms with Gasteiger partial charge in [0.1, 0.15) is 0 Å². The first kappa shape index (κ1) is 21.2. The molecule has 6 heteroatoms. The van der Waals surface area contributed by atoms with E-state index >= 15 is 0 Å². The first-order valence-electron chi connectivity index (χ1n) is 11.6. The highest BCUT2D eigenvalue weighted by Crippen LogP contribution is 2.47. The van der Waals surface area contributed by atoms with Crippen LogP contribution in [0.25, 0.3) is 0 Å². The quantitative estimate of drug-likeness (QED) is 0.576. The van der Waals surface area contributed by atoms with Crippen molar-refractivity contribution in [2.24, 2.45) is 10.4 Å². The van der Waals surface area contributed by atoms with Gasteiger partial charge >= 0.3 is 0 Å². The summed E-state index contributed by atoms with van der Waals surface area (Å²) in [7, 11) is 1.88. The first-order chi connectivity index (χ1) is 14.6. The van der Waals surface area contributed by atoms with E-state index < -0.39 is 0 Å². The number of rotatable bonds is 6.